The van der Waals surface area contributed by atoms with Crippen molar-refractivity contribution in [2.75, 3.05) is 6.61 Å². The van der Waals surface area contributed by atoms with E-state index in [1.165, 1.54) is 11.8 Å². The SMILES string of the molecule is CC(Sc1nnnn1CC1CCCO1)C(=O)c1ccccc1. The van der Waals surface area contributed by atoms with Crippen molar-refractivity contribution in [3.8, 4) is 0 Å². The highest BCUT2D eigenvalue weighted by atomic mass is 32.2. The highest BCUT2D eigenvalue weighted by Crippen LogP contribution is 2.24. The first-order chi connectivity index (χ1) is 10.7. The topological polar surface area (TPSA) is 69.9 Å². The number of tetrazole rings is 1. The van der Waals surface area contributed by atoms with Crippen LogP contribution in [0.25, 0.3) is 0 Å². The molecule has 0 bridgehead atoms. The number of hydrogen-bond acceptors (Lipinski definition) is 6. The molecule has 1 aromatic carbocycles. The fraction of sp³-hybridized carbons (Fsp3) is 0.467. The molecular formula is C15H18N4O2S. The standard InChI is InChI=1S/C15H18N4O2S/c1-11(14(20)12-6-3-2-4-7-12)22-15-16-17-18-19(15)10-13-8-5-9-21-13/h2-4,6-7,11,13H,5,8-10H2,1H3. The van der Waals surface area contributed by atoms with E-state index in [-0.39, 0.29) is 17.1 Å². The highest BCUT2D eigenvalue weighted by molar-refractivity contribution is 8.00. The first-order valence-corrected chi connectivity index (χ1v) is 8.25. The van der Waals surface area contributed by atoms with Crippen molar-refractivity contribution in [3.05, 3.63) is 35.9 Å². The van der Waals surface area contributed by atoms with Crippen LogP contribution in [0.4, 0.5) is 0 Å². The molecule has 7 heteroatoms. The van der Waals surface area contributed by atoms with Gasteiger partial charge < -0.3 is 4.74 Å². The van der Waals surface area contributed by atoms with E-state index >= 15 is 0 Å². The summed E-state index contributed by atoms with van der Waals surface area (Å²) >= 11 is 1.38. The van der Waals surface area contributed by atoms with Crippen LogP contribution in [0, 0.1) is 0 Å². The minimum Gasteiger partial charge on any atom is -0.376 e. The number of carbonyl (C=O) groups excluding carboxylic acids is 1. The maximum atomic E-state index is 12.4. The molecule has 2 heterocycles. The molecule has 22 heavy (non-hydrogen) atoms. The number of carbonyl (C=O) groups is 1. The van der Waals surface area contributed by atoms with E-state index in [0.717, 1.165) is 19.4 Å². The zero-order valence-electron chi connectivity index (χ0n) is 12.4. The van der Waals surface area contributed by atoms with Crippen LogP contribution >= 0.6 is 11.8 Å². The van der Waals surface area contributed by atoms with E-state index in [1.54, 1.807) is 4.68 Å². The average Bonchev–Trinajstić information content (AvgIpc) is 3.20. The molecule has 3 rings (SSSR count). The van der Waals surface area contributed by atoms with Crippen molar-refractivity contribution < 1.29 is 9.53 Å². The third-order valence-corrected chi connectivity index (χ3v) is 4.68. The molecule has 0 radical (unpaired) electrons. The summed E-state index contributed by atoms with van der Waals surface area (Å²) in [7, 11) is 0. The van der Waals surface area contributed by atoms with Gasteiger partial charge in [0.05, 0.1) is 17.9 Å². The summed E-state index contributed by atoms with van der Waals surface area (Å²) in [6.45, 7) is 3.32. The third kappa shape index (κ3) is 3.53. The van der Waals surface area contributed by atoms with Crippen LogP contribution < -0.4 is 0 Å². The Bertz CT molecular complexity index is 625. The van der Waals surface area contributed by atoms with Crippen LogP contribution in [0.2, 0.25) is 0 Å². The summed E-state index contributed by atoms with van der Waals surface area (Å²) in [5.41, 5.74) is 0.709. The Morgan fingerprint density at radius 3 is 3.00 bits per heavy atom. The van der Waals surface area contributed by atoms with Gasteiger partial charge in [-0.3, -0.25) is 4.79 Å². The van der Waals surface area contributed by atoms with Gasteiger partial charge in [0.25, 0.3) is 0 Å². The van der Waals surface area contributed by atoms with Crippen molar-refractivity contribution in [2.24, 2.45) is 0 Å². The molecule has 2 aromatic rings. The summed E-state index contributed by atoms with van der Waals surface area (Å²) < 4.78 is 7.34. The average molecular weight is 318 g/mol. The second-order valence-electron chi connectivity index (χ2n) is 5.27. The Labute approximate surface area is 133 Å². The fourth-order valence-electron chi connectivity index (χ4n) is 2.43. The molecule has 1 saturated heterocycles. The maximum Gasteiger partial charge on any atom is 0.210 e. The van der Waals surface area contributed by atoms with Gasteiger partial charge in [-0.15, -0.1) is 5.10 Å². The Balaban J connectivity index is 1.65. The lowest BCUT2D eigenvalue weighted by molar-refractivity contribution is 0.0911. The van der Waals surface area contributed by atoms with E-state index in [1.807, 2.05) is 37.3 Å². The number of Topliss-reactive ketones (excluding diaryl/α,β-unsaturated/α-hetero) is 1. The molecule has 2 atom stereocenters. The van der Waals surface area contributed by atoms with Crippen molar-refractivity contribution in [1.29, 1.82) is 0 Å². The number of thioether (sulfide) groups is 1. The molecule has 0 spiro atoms. The Hall–Kier alpha value is -1.73. The second kappa shape index (κ2) is 7.02. The minimum atomic E-state index is -0.239. The van der Waals surface area contributed by atoms with E-state index < -0.39 is 0 Å². The van der Waals surface area contributed by atoms with E-state index in [2.05, 4.69) is 15.5 Å². The lowest BCUT2D eigenvalue weighted by Gasteiger charge is -2.12. The zero-order chi connectivity index (χ0) is 15.4. The minimum absolute atomic E-state index is 0.0808. The summed E-state index contributed by atoms with van der Waals surface area (Å²) in [5, 5.41) is 12.2. The molecule has 0 N–H and O–H groups in total. The van der Waals surface area contributed by atoms with E-state index in [9.17, 15) is 4.79 Å². The Kier molecular flexibility index (Phi) is 4.84. The first-order valence-electron chi connectivity index (χ1n) is 7.37. The number of benzene rings is 1. The van der Waals surface area contributed by atoms with Gasteiger partial charge in [-0.1, -0.05) is 42.1 Å². The smallest absolute Gasteiger partial charge is 0.210 e. The van der Waals surface area contributed by atoms with Crippen molar-refractivity contribution >= 4 is 17.5 Å². The van der Waals surface area contributed by atoms with Crippen LogP contribution in [-0.2, 0) is 11.3 Å². The van der Waals surface area contributed by atoms with Crippen molar-refractivity contribution in [3.63, 3.8) is 0 Å². The van der Waals surface area contributed by atoms with Gasteiger partial charge in [0.2, 0.25) is 5.16 Å². The summed E-state index contributed by atoms with van der Waals surface area (Å²) in [6.07, 6.45) is 2.28. The molecular weight excluding hydrogens is 300 g/mol. The number of aromatic nitrogens is 4. The molecule has 2 unspecified atom stereocenters. The molecule has 1 aliphatic heterocycles. The quantitative estimate of drug-likeness (QED) is 0.601. The van der Waals surface area contributed by atoms with Crippen LogP contribution in [0.5, 0.6) is 0 Å². The van der Waals surface area contributed by atoms with E-state index in [0.29, 0.717) is 17.3 Å². The van der Waals surface area contributed by atoms with Crippen molar-refractivity contribution in [1.82, 2.24) is 20.2 Å². The van der Waals surface area contributed by atoms with Crippen LogP contribution in [0.15, 0.2) is 35.5 Å². The molecule has 116 valence electrons. The fourth-order valence-corrected chi connectivity index (χ4v) is 3.30. The van der Waals surface area contributed by atoms with Gasteiger partial charge in [-0.25, -0.2) is 4.68 Å². The predicted octanol–water partition coefficient (Wildman–Crippen LogP) is 2.22. The Morgan fingerprint density at radius 1 is 1.45 bits per heavy atom. The van der Waals surface area contributed by atoms with Crippen molar-refractivity contribution in [2.45, 2.75) is 42.8 Å². The van der Waals surface area contributed by atoms with Gasteiger partial charge >= 0.3 is 0 Å². The zero-order valence-corrected chi connectivity index (χ0v) is 13.2. The molecule has 6 nitrogen and oxygen atoms in total. The molecule has 1 aliphatic rings. The number of nitrogens with zero attached hydrogens (tertiary/aromatic N) is 4. The first kappa shape index (κ1) is 15.2. The predicted molar refractivity (Wildman–Crippen MR) is 82.9 cm³/mol. The highest BCUT2D eigenvalue weighted by Gasteiger charge is 2.22. The van der Waals surface area contributed by atoms with Crippen LogP contribution in [0.3, 0.4) is 0 Å². The summed E-state index contributed by atoms with van der Waals surface area (Å²) in [5.74, 6) is 0.0808. The largest absolute Gasteiger partial charge is 0.376 e. The molecule has 0 amide bonds. The monoisotopic (exact) mass is 318 g/mol. The second-order valence-corrected chi connectivity index (χ2v) is 6.58. The lowest BCUT2D eigenvalue weighted by atomic mass is 10.1. The van der Waals surface area contributed by atoms with E-state index in [4.69, 9.17) is 4.74 Å². The molecule has 1 fully saturated rings. The van der Waals surface area contributed by atoms with Gasteiger partial charge in [-0.2, -0.15) is 0 Å². The lowest BCUT2D eigenvalue weighted by Crippen LogP contribution is -2.19. The normalized spacial score (nSPS) is 19.2. The Morgan fingerprint density at radius 2 is 2.27 bits per heavy atom. The van der Waals surface area contributed by atoms with Gasteiger partial charge in [-0.05, 0) is 30.2 Å². The number of ether oxygens (including phenoxy) is 1. The summed E-state index contributed by atoms with van der Waals surface area (Å²) in [4.78, 5) is 12.4. The molecule has 0 saturated carbocycles. The molecule has 0 aliphatic carbocycles. The number of hydrogen-bond donors (Lipinski definition) is 0. The van der Waals surface area contributed by atoms with Crippen LogP contribution in [-0.4, -0.2) is 44.0 Å². The van der Waals surface area contributed by atoms with Crippen LogP contribution in [0.1, 0.15) is 30.1 Å². The third-order valence-electron chi connectivity index (χ3n) is 3.61. The number of rotatable bonds is 6. The maximum absolute atomic E-state index is 12.4. The van der Waals surface area contributed by atoms with Gasteiger partial charge in [0.15, 0.2) is 5.78 Å². The number of ketones is 1. The summed E-state index contributed by atoms with van der Waals surface area (Å²) in [6, 6.07) is 9.29. The van der Waals surface area contributed by atoms with Gasteiger partial charge in [0, 0.05) is 12.2 Å². The van der Waals surface area contributed by atoms with Gasteiger partial charge in [0.1, 0.15) is 0 Å². The molecule has 1 aromatic heterocycles.